The molecule has 174 valence electrons. The van der Waals surface area contributed by atoms with Gasteiger partial charge in [0.05, 0.1) is 12.1 Å². The zero-order valence-corrected chi connectivity index (χ0v) is 18.2. The fourth-order valence-corrected chi connectivity index (χ4v) is 3.79. The minimum Gasteiger partial charge on any atom is -0.345 e. The molecule has 0 fully saturated rings. The fourth-order valence-electron chi connectivity index (χ4n) is 3.79. The largest absolute Gasteiger partial charge is 0.416 e. The molecule has 0 aliphatic carbocycles. The van der Waals surface area contributed by atoms with E-state index in [9.17, 15) is 22.4 Å². The number of amides is 1. The van der Waals surface area contributed by atoms with E-state index in [0.29, 0.717) is 12.1 Å². The molecular formula is C27H22F4N2O. The van der Waals surface area contributed by atoms with Crippen LogP contribution < -0.4 is 0 Å². The summed E-state index contributed by atoms with van der Waals surface area (Å²) in [4.78, 5) is 14.9. The number of nitrogens with zero attached hydrogens (tertiary/aromatic N) is 2. The van der Waals surface area contributed by atoms with E-state index in [1.165, 1.54) is 24.3 Å². The lowest BCUT2D eigenvalue weighted by Gasteiger charge is -2.24. The van der Waals surface area contributed by atoms with Crippen LogP contribution in [0.25, 0.3) is 0 Å². The van der Waals surface area contributed by atoms with Gasteiger partial charge in [-0.15, -0.1) is 0 Å². The SMILES string of the molecule is O=C(c1cccc(F)c1)N(Cc1ccccc1)Cc1cccn1Cc1cccc(C(F)(F)F)c1. The van der Waals surface area contributed by atoms with Crippen LogP contribution in [0.4, 0.5) is 17.6 Å². The summed E-state index contributed by atoms with van der Waals surface area (Å²) in [7, 11) is 0. The third kappa shape index (κ3) is 5.73. The van der Waals surface area contributed by atoms with E-state index in [-0.39, 0.29) is 24.6 Å². The standard InChI is InChI=1S/C27H22F4N2O/c28-24-12-5-10-22(16-24)26(34)33(17-20-7-2-1-3-8-20)19-25-13-6-14-32(25)18-21-9-4-11-23(15-21)27(29,30)31/h1-16H,17-19H2. The molecule has 0 bridgehead atoms. The summed E-state index contributed by atoms with van der Waals surface area (Å²) < 4.78 is 54.9. The number of halogens is 4. The normalized spacial score (nSPS) is 11.4. The quantitative estimate of drug-likeness (QED) is 0.284. The van der Waals surface area contributed by atoms with Crippen molar-refractivity contribution < 1.29 is 22.4 Å². The molecular weight excluding hydrogens is 444 g/mol. The number of aromatic nitrogens is 1. The first-order valence-electron chi connectivity index (χ1n) is 10.7. The Morgan fingerprint density at radius 1 is 0.794 bits per heavy atom. The van der Waals surface area contributed by atoms with Crippen molar-refractivity contribution in [3.63, 3.8) is 0 Å². The van der Waals surface area contributed by atoms with Crippen molar-refractivity contribution in [1.29, 1.82) is 0 Å². The van der Waals surface area contributed by atoms with E-state index >= 15 is 0 Å². The van der Waals surface area contributed by atoms with Crippen LogP contribution in [0.15, 0.2) is 97.2 Å². The Bertz CT molecular complexity index is 1260. The van der Waals surface area contributed by atoms with Gasteiger partial charge in [0, 0.05) is 30.5 Å². The molecule has 0 spiro atoms. The van der Waals surface area contributed by atoms with Crippen LogP contribution >= 0.6 is 0 Å². The smallest absolute Gasteiger partial charge is 0.345 e. The summed E-state index contributed by atoms with van der Waals surface area (Å²) in [6.07, 6.45) is -2.65. The second kappa shape index (κ2) is 9.95. The second-order valence-corrected chi connectivity index (χ2v) is 7.98. The number of carbonyl (C=O) groups excluding carboxylic acids is 1. The molecule has 4 rings (SSSR count). The molecule has 0 saturated carbocycles. The Hall–Kier alpha value is -3.87. The van der Waals surface area contributed by atoms with Gasteiger partial charge >= 0.3 is 6.18 Å². The molecule has 7 heteroatoms. The minimum absolute atomic E-state index is 0.205. The Morgan fingerprint density at radius 2 is 1.53 bits per heavy atom. The van der Waals surface area contributed by atoms with Gasteiger partial charge < -0.3 is 9.47 Å². The van der Waals surface area contributed by atoms with Crippen molar-refractivity contribution in [3.05, 3.63) is 131 Å². The van der Waals surface area contributed by atoms with Crippen molar-refractivity contribution in [1.82, 2.24) is 9.47 Å². The third-order valence-corrected chi connectivity index (χ3v) is 5.46. The lowest BCUT2D eigenvalue weighted by molar-refractivity contribution is -0.137. The molecule has 3 aromatic carbocycles. The predicted octanol–water partition coefficient (Wildman–Crippen LogP) is 6.54. The number of rotatable bonds is 7. The Morgan fingerprint density at radius 3 is 2.26 bits per heavy atom. The van der Waals surface area contributed by atoms with Gasteiger partial charge in [0.2, 0.25) is 0 Å². The first-order chi connectivity index (χ1) is 16.3. The van der Waals surface area contributed by atoms with Crippen LogP contribution in [0.5, 0.6) is 0 Å². The molecule has 1 heterocycles. The van der Waals surface area contributed by atoms with Gasteiger partial charge in [0.15, 0.2) is 0 Å². The number of hydrogen-bond donors (Lipinski definition) is 0. The highest BCUT2D eigenvalue weighted by Crippen LogP contribution is 2.30. The van der Waals surface area contributed by atoms with Gasteiger partial charge in [-0.3, -0.25) is 4.79 Å². The monoisotopic (exact) mass is 466 g/mol. The van der Waals surface area contributed by atoms with Crippen LogP contribution in [0, 0.1) is 5.82 Å². The first kappa shape index (κ1) is 23.3. The average molecular weight is 466 g/mol. The highest BCUT2D eigenvalue weighted by atomic mass is 19.4. The Kier molecular flexibility index (Phi) is 6.82. The highest BCUT2D eigenvalue weighted by molar-refractivity contribution is 5.94. The van der Waals surface area contributed by atoms with Gasteiger partial charge in [-0.25, -0.2) is 4.39 Å². The van der Waals surface area contributed by atoms with Crippen molar-refractivity contribution in [2.45, 2.75) is 25.8 Å². The third-order valence-electron chi connectivity index (χ3n) is 5.46. The summed E-state index contributed by atoms with van der Waals surface area (Å²) in [5.41, 5.74) is 1.68. The van der Waals surface area contributed by atoms with Crippen molar-refractivity contribution >= 4 is 5.91 Å². The second-order valence-electron chi connectivity index (χ2n) is 7.98. The molecule has 0 aliphatic rings. The molecule has 1 amide bonds. The van der Waals surface area contributed by atoms with E-state index in [0.717, 1.165) is 23.4 Å². The molecule has 34 heavy (non-hydrogen) atoms. The van der Waals surface area contributed by atoms with Crippen molar-refractivity contribution in [3.8, 4) is 0 Å². The van der Waals surface area contributed by atoms with Crippen LogP contribution in [-0.4, -0.2) is 15.4 Å². The topological polar surface area (TPSA) is 25.2 Å². The van der Waals surface area contributed by atoms with E-state index < -0.39 is 17.6 Å². The molecule has 4 aromatic rings. The van der Waals surface area contributed by atoms with Crippen molar-refractivity contribution in [2.24, 2.45) is 0 Å². The number of carbonyl (C=O) groups is 1. The zero-order valence-electron chi connectivity index (χ0n) is 18.2. The predicted molar refractivity (Wildman–Crippen MR) is 121 cm³/mol. The minimum atomic E-state index is -4.42. The van der Waals surface area contributed by atoms with Crippen LogP contribution in [0.2, 0.25) is 0 Å². The Balaban J connectivity index is 1.60. The number of alkyl halides is 3. The number of hydrogen-bond acceptors (Lipinski definition) is 1. The maximum atomic E-state index is 13.8. The maximum Gasteiger partial charge on any atom is 0.416 e. The molecule has 0 atom stereocenters. The lowest BCUT2D eigenvalue weighted by Crippen LogP contribution is -2.31. The maximum absolute atomic E-state index is 13.8. The van der Waals surface area contributed by atoms with E-state index in [1.54, 1.807) is 29.3 Å². The summed E-state index contributed by atoms with van der Waals surface area (Å²) in [6.45, 7) is 0.723. The number of benzene rings is 3. The van der Waals surface area contributed by atoms with E-state index in [1.807, 2.05) is 41.0 Å². The first-order valence-corrected chi connectivity index (χ1v) is 10.7. The summed E-state index contributed by atoms with van der Waals surface area (Å²) in [5.74, 6) is -0.839. The van der Waals surface area contributed by atoms with Gasteiger partial charge in [-0.2, -0.15) is 13.2 Å². The van der Waals surface area contributed by atoms with Crippen LogP contribution in [-0.2, 0) is 25.8 Å². The molecule has 0 unspecified atom stereocenters. The van der Waals surface area contributed by atoms with Gasteiger partial charge in [0.1, 0.15) is 5.82 Å². The average Bonchev–Trinajstić information content (AvgIpc) is 3.25. The van der Waals surface area contributed by atoms with E-state index in [4.69, 9.17) is 0 Å². The molecule has 0 radical (unpaired) electrons. The lowest BCUT2D eigenvalue weighted by atomic mass is 10.1. The van der Waals surface area contributed by atoms with Crippen LogP contribution in [0.1, 0.15) is 32.7 Å². The molecule has 1 aromatic heterocycles. The summed E-state index contributed by atoms with van der Waals surface area (Å²) in [6, 6.07) is 23.7. The van der Waals surface area contributed by atoms with Gasteiger partial charge in [0.25, 0.3) is 5.91 Å². The van der Waals surface area contributed by atoms with Crippen molar-refractivity contribution in [2.75, 3.05) is 0 Å². The summed E-state index contributed by atoms with van der Waals surface area (Å²) in [5, 5.41) is 0. The summed E-state index contributed by atoms with van der Waals surface area (Å²) >= 11 is 0. The Labute approximate surface area is 194 Å². The molecule has 0 aliphatic heterocycles. The molecule has 0 N–H and O–H groups in total. The molecule has 3 nitrogen and oxygen atoms in total. The highest BCUT2D eigenvalue weighted by Gasteiger charge is 2.30. The van der Waals surface area contributed by atoms with E-state index in [2.05, 4.69) is 0 Å². The molecule has 0 saturated heterocycles. The fraction of sp³-hybridized carbons (Fsp3) is 0.148. The van der Waals surface area contributed by atoms with Gasteiger partial charge in [-0.05, 0) is 53.6 Å². The zero-order chi connectivity index (χ0) is 24.1. The van der Waals surface area contributed by atoms with Gasteiger partial charge in [-0.1, -0.05) is 48.5 Å². The van der Waals surface area contributed by atoms with Crippen LogP contribution in [0.3, 0.4) is 0 Å².